The maximum absolute atomic E-state index is 10.7. The molecule has 5 heteroatoms. The van der Waals surface area contributed by atoms with E-state index in [0.29, 0.717) is 5.76 Å². The summed E-state index contributed by atoms with van der Waals surface area (Å²) in [6.45, 7) is 4.45. The predicted molar refractivity (Wildman–Crippen MR) is 70.2 cm³/mol. The van der Waals surface area contributed by atoms with Gasteiger partial charge < -0.3 is 19.6 Å². The van der Waals surface area contributed by atoms with Gasteiger partial charge in [0.1, 0.15) is 5.76 Å². The topological polar surface area (TPSA) is 71.7 Å². The van der Waals surface area contributed by atoms with E-state index < -0.39 is 5.97 Å². The van der Waals surface area contributed by atoms with Gasteiger partial charge in [-0.3, -0.25) is 0 Å². The molecule has 2 rings (SSSR count). The molecule has 0 amide bonds. The highest BCUT2D eigenvalue weighted by atomic mass is 16.5. The van der Waals surface area contributed by atoms with Crippen LogP contribution in [-0.4, -0.2) is 30.8 Å². The van der Waals surface area contributed by atoms with Crippen LogP contribution >= 0.6 is 0 Å². The molecule has 1 aromatic heterocycles. The molecule has 19 heavy (non-hydrogen) atoms. The molecule has 0 saturated heterocycles. The molecule has 1 unspecified atom stereocenters. The van der Waals surface area contributed by atoms with Crippen molar-refractivity contribution >= 4 is 5.97 Å². The van der Waals surface area contributed by atoms with E-state index in [2.05, 4.69) is 5.32 Å². The number of ether oxygens (including phenoxy) is 1. The molecule has 5 nitrogen and oxygen atoms in total. The predicted octanol–water partition coefficient (Wildman–Crippen LogP) is 2.45. The average molecular weight is 267 g/mol. The van der Waals surface area contributed by atoms with Gasteiger partial charge >= 0.3 is 5.97 Å². The quantitative estimate of drug-likeness (QED) is 0.672. The fraction of sp³-hybridized carbons (Fsp3) is 0.643. The van der Waals surface area contributed by atoms with Crippen LogP contribution in [0.2, 0.25) is 0 Å². The number of aromatic carboxylic acids is 1. The number of nitrogens with one attached hydrogen (secondary N) is 1. The van der Waals surface area contributed by atoms with Crippen LogP contribution in [0, 0.1) is 5.92 Å². The summed E-state index contributed by atoms with van der Waals surface area (Å²) in [6.07, 6.45) is 3.59. The minimum atomic E-state index is -1.04. The molecule has 1 aromatic rings. The maximum atomic E-state index is 10.7. The van der Waals surface area contributed by atoms with Gasteiger partial charge in [-0.05, 0) is 50.8 Å². The van der Waals surface area contributed by atoms with Gasteiger partial charge in [0.05, 0.1) is 6.04 Å². The molecule has 0 radical (unpaired) electrons. The van der Waals surface area contributed by atoms with Crippen molar-refractivity contribution in [3.63, 3.8) is 0 Å². The molecule has 0 aliphatic heterocycles. The molecule has 106 valence electrons. The molecule has 1 atom stereocenters. The number of hydrogen-bond acceptors (Lipinski definition) is 4. The van der Waals surface area contributed by atoms with Gasteiger partial charge in [0.25, 0.3) is 0 Å². The second kappa shape index (κ2) is 6.73. The third kappa shape index (κ3) is 4.69. The van der Waals surface area contributed by atoms with Crippen molar-refractivity contribution < 1.29 is 19.1 Å². The second-order valence-electron chi connectivity index (χ2n) is 5.05. The Bertz CT molecular complexity index is 411. The van der Waals surface area contributed by atoms with Crippen molar-refractivity contribution in [1.82, 2.24) is 5.32 Å². The second-order valence-corrected chi connectivity index (χ2v) is 5.05. The van der Waals surface area contributed by atoms with Crippen molar-refractivity contribution in [2.75, 3.05) is 19.8 Å². The van der Waals surface area contributed by atoms with E-state index in [9.17, 15) is 4.79 Å². The van der Waals surface area contributed by atoms with Gasteiger partial charge in [-0.15, -0.1) is 0 Å². The van der Waals surface area contributed by atoms with Crippen LogP contribution in [0.15, 0.2) is 16.5 Å². The van der Waals surface area contributed by atoms with E-state index in [4.69, 9.17) is 14.3 Å². The standard InChI is InChI=1S/C14H21NO4/c1-10(12-5-6-13(19-12)14(16)17)15-7-2-8-18-9-11-3-4-11/h5-6,10-11,15H,2-4,7-9H2,1H3,(H,16,17). The van der Waals surface area contributed by atoms with E-state index >= 15 is 0 Å². The summed E-state index contributed by atoms with van der Waals surface area (Å²) >= 11 is 0. The smallest absolute Gasteiger partial charge is 0.371 e. The Balaban J connectivity index is 1.59. The number of rotatable bonds is 9. The molecular formula is C14H21NO4. The first-order chi connectivity index (χ1) is 9.16. The fourth-order valence-electron chi connectivity index (χ4n) is 1.83. The van der Waals surface area contributed by atoms with E-state index in [1.165, 1.54) is 18.9 Å². The maximum Gasteiger partial charge on any atom is 0.371 e. The zero-order chi connectivity index (χ0) is 13.7. The van der Waals surface area contributed by atoms with E-state index in [1.807, 2.05) is 6.92 Å². The lowest BCUT2D eigenvalue weighted by molar-refractivity contribution is 0.0659. The summed E-state index contributed by atoms with van der Waals surface area (Å²) in [5, 5.41) is 12.1. The first kappa shape index (κ1) is 14.1. The van der Waals surface area contributed by atoms with Gasteiger partial charge in [-0.25, -0.2) is 4.79 Å². The average Bonchev–Trinajstić information content (AvgIpc) is 3.06. The van der Waals surface area contributed by atoms with Crippen LogP contribution in [0.1, 0.15) is 48.5 Å². The highest BCUT2D eigenvalue weighted by Gasteiger charge is 2.20. The van der Waals surface area contributed by atoms with Crippen LogP contribution in [0.4, 0.5) is 0 Å². The van der Waals surface area contributed by atoms with Crippen molar-refractivity contribution in [3.05, 3.63) is 23.7 Å². The zero-order valence-corrected chi connectivity index (χ0v) is 11.2. The minimum absolute atomic E-state index is 0.0107. The Morgan fingerprint density at radius 1 is 1.58 bits per heavy atom. The molecule has 1 aliphatic carbocycles. The number of carbonyl (C=O) groups is 1. The summed E-state index contributed by atoms with van der Waals surface area (Å²) in [5.74, 6) is 0.407. The van der Waals surface area contributed by atoms with E-state index in [0.717, 1.165) is 32.1 Å². The zero-order valence-electron chi connectivity index (χ0n) is 11.2. The summed E-state index contributed by atoms with van der Waals surface area (Å²) in [5.41, 5.74) is 0. The molecule has 0 bridgehead atoms. The molecular weight excluding hydrogens is 246 g/mol. The molecule has 1 fully saturated rings. The van der Waals surface area contributed by atoms with Crippen molar-refractivity contribution in [2.24, 2.45) is 5.92 Å². The number of carboxylic acids is 1. The minimum Gasteiger partial charge on any atom is -0.475 e. The Hall–Kier alpha value is -1.33. The fourth-order valence-corrected chi connectivity index (χ4v) is 1.83. The largest absolute Gasteiger partial charge is 0.475 e. The van der Waals surface area contributed by atoms with Gasteiger partial charge in [0.2, 0.25) is 5.76 Å². The Morgan fingerprint density at radius 2 is 2.37 bits per heavy atom. The van der Waals surface area contributed by atoms with Crippen molar-refractivity contribution in [3.8, 4) is 0 Å². The third-order valence-electron chi connectivity index (χ3n) is 3.23. The highest BCUT2D eigenvalue weighted by Crippen LogP contribution is 2.28. The molecule has 1 saturated carbocycles. The van der Waals surface area contributed by atoms with Gasteiger partial charge in [0.15, 0.2) is 0 Å². The van der Waals surface area contributed by atoms with Crippen LogP contribution in [0.3, 0.4) is 0 Å². The van der Waals surface area contributed by atoms with E-state index in [1.54, 1.807) is 6.07 Å². The van der Waals surface area contributed by atoms with Gasteiger partial charge in [-0.2, -0.15) is 0 Å². The lowest BCUT2D eigenvalue weighted by Crippen LogP contribution is -2.20. The number of furan rings is 1. The number of hydrogen-bond donors (Lipinski definition) is 2. The molecule has 0 aromatic carbocycles. The highest BCUT2D eigenvalue weighted by molar-refractivity contribution is 5.84. The SMILES string of the molecule is CC(NCCCOCC1CC1)c1ccc(C(=O)O)o1. The van der Waals surface area contributed by atoms with Crippen LogP contribution in [-0.2, 0) is 4.74 Å². The van der Waals surface area contributed by atoms with Crippen molar-refractivity contribution in [2.45, 2.75) is 32.2 Å². The lowest BCUT2D eigenvalue weighted by Gasteiger charge is -2.11. The van der Waals surface area contributed by atoms with Crippen LogP contribution < -0.4 is 5.32 Å². The summed E-state index contributed by atoms with van der Waals surface area (Å²) in [7, 11) is 0. The Kier molecular flexibility index (Phi) is 4.99. The number of carboxylic acid groups (broad SMARTS) is 1. The summed E-state index contributed by atoms with van der Waals surface area (Å²) in [4.78, 5) is 10.7. The Morgan fingerprint density at radius 3 is 3.00 bits per heavy atom. The van der Waals surface area contributed by atoms with Crippen molar-refractivity contribution in [1.29, 1.82) is 0 Å². The van der Waals surface area contributed by atoms with Gasteiger partial charge in [-0.1, -0.05) is 0 Å². The van der Waals surface area contributed by atoms with E-state index in [-0.39, 0.29) is 11.8 Å². The third-order valence-corrected chi connectivity index (χ3v) is 3.23. The molecule has 0 spiro atoms. The lowest BCUT2D eigenvalue weighted by atomic mass is 10.2. The monoisotopic (exact) mass is 267 g/mol. The summed E-state index contributed by atoms with van der Waals surface area (Å²) < 4.78 is 10.8. The van der Waals surface area contributed by atoms with Gasteiger partial charge in [0, 0.05) is 13.2 Å². The Labute approximate surface area is 112 Å². The van der Waals surface area contributed by atoms with Crippen LogP contribution in [0.25, 0.3) is 0 Å². The molecule has 1 heterocycles. The normalized spacial score (nSPS) is 16.5. The molecule has 1 aliphatic rings. The first-order valence-electron chi connectivity index (χ1n) is 6.81. The summed E-state index contributed by atoms with van der Waals surface area (Å²) in [6, 6.07) is 3.19. The van der Waals surface area contributed by atoms with Crippen LogP contribution in [0.5, 0.6) is 0 Å². The molecule has 2 N–H and O–H groups in total. The first-order valence-corrected chi connectivity index (χ1v) is 6.81.